The molecule has 0 aliphatic carbocycles. The SMILES string of the molecule is COC(=O)CNc1cc(C)cc(F)c1. The van der Waals surface area contributed by atoms with Gasteiger partial charge in [0.15, 0.2) is 0 Å². The number of carbonyl (C=O) groups excluding carboxylic acids is 1. The highest BCUT2D eigenvalue weighted by Gasteiger charge is 2.01. The van der Waals surface area contributed by atoms with Gasteiger partial charge in [0, 0.05) is 5.69 Å². The van der Waals surface area contributed by atoms with Gasteiger partial charge in [0.1, 0.15) is 12.4 Å². The number of methoxy groups -OCH3 is 1. The highest BCUT2D eigenvalue weighted by atomic mass is 19.1. The quantitative estimate of drug-likeness (QED) is 0.750. The minimum Gasteiger partial charge on any atom is -0.468 e. The van der Waals surface area contributed by atoms with E-state index in [4.69, 9.17) is 0 Å². The van der Waals surface area contributed by atoms with E-state index in [0.717, 1.165) is 5.56 Å². The van der Waals surface area contributed by atoms with Crippen molar-refractivity contribution in [3.8, 4) is 0 Å². The predicted molar refractivity (Wildman–Crippen MR) is 51.6 cm³/mol. The molecule has 76 valence electrons. The van der Waals surface area contributed by atoms with E-state index in [0.29, 0.717) is 5.69 Å². The minimum absolute atomic E-state index is 0.0411. The summed E-state index contributed by atoms with van der Waals surface area (Å²) in [5, 5.41) is 2.76. The molecule has 0 radical (unpaired) electrons. The number of aryl methyl sites for hydroxylation is 1. The van der Waals surface area contributed by atoms with Gasteiger partial charge >= 0.3 is 5.97 Å². The van der Waals surface area contributed by atoms with Crippen LogP contribution in [0, 0.1) is 12.7 Å². The Morgan fingerprint density at radius 3 is 2.79 bits per heavy atom. The Kier molecular flexibility index (Phi) is 3.45. The topological polar surface area (TPSA) is 38.3 Å². The lowest BCUT2D eigenvalue weighted by Gasteiger charge is -2.05. The fourth-order valence-corrected chi connectivity index (χ4v) is 1.08. The van der Waals surface area contributed by atoms with Crippen molar-refractivity contribution in [3.05, 3.63) is 29.6 Å². The molecule has 1 aromatic carbocycles. The van der Waals surface area contributed by atoms with Crippen molar-refractivity contribution in [3.63, 3.8) is 0 Å². The molecule has 0 bridgehead atoms. The van der Waals surface area contributed by atoms with Gasteiger partial charge in [0.25, 0.3) is 0 Å². The van der Waals surface area contributed by atoms with Gasteiger partial charge in [-0.2, -0.15) is 0 Å². The van der Waals surface area contributed by atoms with Crippen molar-refractivity contribution in [2.75, 3.05) is 19.0 Å². The molecular formula is C10H12FNO2. The summed E-state index contributed by atoms with van der Waals surface area (Å²) in [7, 11) is 1.31. The highest BCUT2D eigenvalue weighted by Crippen LogP contribution is 2.12. The maximum Gasteiger partial charge on any atom is 0.325 e. The predicted octanol–water partition coefficient (Wildman–Crippen LogP) is 1.72. The molecule has 0 atom stereocenters. The van der Waals surface area contributed by atoms with E-state index in [9.17, 15) is 9.18 Å². The van der Waals surface area contributed by atoms with Crippen LogP contribution in [0.1, 0.15) is 5.56 Å². The number of halogens is 1. The smallest absolute Gasteiger partial charge is 0.325 e. The first-order valence-corrected chi connectivity index (χ1v) is 4.19. The second-order valence-corrected chi connectivity index (χ2v) is 2.95. The first-order chi connectivity index (χ1) is 6.61. The first kappa shape index (κ1) is 10.5. The summed E-state index contributed by atoms with van der Waals surface area (Å²) in [6.07, 6.45) is 0. The number of hydrogen-bond acceptors (Lipinski definition) is 3. The Labute approximate surface area is 81.9 Å². The van der Waals surface area contributed by atoms with Gasteiger partial charge in [-0.05, 0) is 30.7 Å². The maximum atomic E-state index is 12.9. The number of carbonyl (C=O) groups is 1. The van der Waals surface area contributed by atoms with Crippen molar-refractivity contribution in [1.82, 2.24) is 0 Å². The van der Waals surface area contributed by atoms with E-state index >= 15 is 0 Å². The monoisotopic (exact) mass is 197 g/mol. The van der Waals surface area contributed by atoms with Gasteiger partial charge in [-0.3, -0.25) is 4.79 Å². The lowest BCUT2D eigenvalue weighted by molar-refractivity contribution is -0.138. The van der Waals surface area contributed by atoms with E-state index in [1.165, 1.54) is 19.2 Å². The van der Waals surface area contributed by atoms with Gasteiger partial charge in [-0.15, -0.1) is 0 Å². The fourth-order valence-electron chi connectivity index (χ4n) is 1.08. The highest BCUT2D eigenvalue weighted by molar-refractivity contribution is 5.74. The lowest BCUT2D eigenvalue weighted by atomic mass is 10.2. The Morgan fingerprint density at radius 1 is 1.50 bits per heavy atom. The molecule has 0 saturated carbocycles. The van der Waals surface area contributed by atoms with Gasteiger partial charge < -0.3 is 10.1 Å². The normalized spacial score (nSPS) is 9.64. The molecule has 0 aliphatic rings. The second kappa shape index (κ2) is 4.60. The van der Waals surface area contributed by atoms with Gasteiger partial charge in [-0.25, -0.2) is 4.39 Å². The molecule has 0 saturated heterocycles. The molecule has 0 unspecified atom stereocenters. The van der Waals surface area contributed by atoms with Crippen molar-refractivity contribution < 1.29 is 13.9 Å². The Bertz CT molecular complexity index is 319. The Balaban J connectivity index is 2.63. The number of anilines is 1. The van der Waals surface area contributed by atoms with Crippen molar-refractivity contribution in [2.45, 2.75) is 6.92 Å². The summed E-state index contributed by atoms with van der Waals surface area (Å²) < 4.78 is 17.3. The zero-order valence-corrected chi connectivity index (χ0v) is 8.13. The zero-order valence-electron chi connectivity index (χ0n) is 8.13. The standard InChI is InChI=1S/C10H12FNO2/c1-7-3-8(11)5-9(4-7)12-6-10(13)14-2/h3-5,12H,6H2,1-2H3. The largest absolute Gasteiger partial charge is 0.468 e. The number of benzene rings is 1. The maximum absolute atomic E-state index is 12.9. The van der Waals surface area contributed by atoms with E-state index in [-0.39, 0.29) is 18.3 Å². The Morgan fingerprint density at radius 2 is 2.21 bits per heavy atom. The number of nitrogens with one attached hydrogen (secondary N) is 1. The summed E-state index contributed by atoms with van der Waals surface area (Å²) in [5.74, 6) is -0.704. The molecular weight excluding hydrogens is 185 g/mol. The summed E-state index contributed by atoms with van der Waals surface area (Å²) in [4.78, 5) is 10.8. The molecule has 1 rings (SSSR count). The van der Waals surface area contributed by atoms with Crippen LogP contribution in [0.15, 0.2) is 18.2 Å². The summed E-state index contributed by atoms with van der Waals surface area (Å²) in [5.41, 5.74) is 1.38. The van der Waals surface area contributed by atoms with Crippen molar-refractivity contribution in [1.29, 1.82) is 0 Å². The molecule has 0 spiro atoms. The number of rotatable bonds is 3. The zero-order chi connectivity index (χ0) is 10.6. The molecule has 4 heteroatoms. The van der Waals surface area contributed by atoms with Crippen LogP contribution < -0.4 is 5.32 Å². The third-order valence-corrected chi connectivity index (χ3v) is 1.71. The number of esters is 1. The van der Waals surface area contributed by atoms with Crippen LogP contribution in [0.2, 0.25) is 0 Å². The van der Waals surface area contributed by atoms with E-state index < -0.39 is 0 Å². The number of hydrogen-bond donors (Lipinski definition) is 1. The minimum atomic E-state index is -0.382. The first-order valence-electron chi connectivity index (χ1n) is 4.19. The van der Waals surface area contributed by atoms with Crippen molar-refractivity contribution in [2.24, 2.45) is 0 Å². The molecule has 0 amide bonds. The molecule has 0 aliphatic heterocycles. The molecule has 0 aromatic heterocycles. The number of ether oxygens (including phenoxy) is 1. The van der Waals surface area contributed by atoms with Crippen LogP contribution in [0.3, 0.4) is 0 Å². The second-order valence-electron chi connectivity index (χ2n) is 2.95. The van der Waals surface area contributed by atoms with Crippen LogP contribution in [0.25, 0.3) is 0 Å². The summed E-state index contributed by atoms with van der Waals surface area (Å²) in [6, 6.07) is 4.51. The molecule has 0 heterocycles. The molecule has 3 nitrogen and oxygen atoms in total. The average molecular weight is 197 g/mol. The van der Waals surface area contributed by atoms with Gasteiger partial charge in [0.05, 0.1) is 7.11 Å². The average Bonchev–Trinajstić information content (AvgIpc) is 2.12. The van der Waals surface area contributed by atoms with Gasteiger partial charge in [-0.1, -0.05) is 0 Å². The molecule has 1 N–H and O–H groups in total. The molecule has 0 fully saturated rings. The third-order valence-electron chi connectivity index (χ3n) is 1.71. The Hall–Kier alpha value is -1.58. The van der Waals surface area contributed by atoms with Crippen LogP contribution in [-0.4, -0.2) is 19.6 Å². The van der Waals surface area contributed by atoms with Crippen LogP contribution >= 0.6 is 0 Å². The van der Waals surface area contributed by atoms with E-state index in [1.807, 2.05) is 0 Å². The van der Waals surface area contributed by atoms with E-state index in [1.54, 1.807) is 13.0 Å². The molecule has 14 heavy (non-hydrogen) atoms. The summed E-state index contributed by atoms with van der Waals surface area (Å²) >= 11 is 0. The third kappa shape index (κ3) is 3.05. The van der Waals surface area contributed by atoms with Crippen molar-refractivity contribution >= 4 is 11.7 Å². The van der Waals surface area contributed by atoms with Crippen LogP contribution in [0.4, 0.5) is 10.1 Å². The fraction of sp³-hybridized carbons (Fsp3) is 0.300. The van der Waals surface area contributed by atoms with Gasteiger partial charge in [0.2, 0.25) is 0 Å². The summed E-state index contributed by atoms with van der Waals surface area (Å²) in [6.45, 7) is 1.83. The van der Waals surface area contributed by atoms with Crippen LogP contribution in [-0.2, 0) is 9.53 Å². The lowest BCUT2D eigenvalue weighted by Crippen LogP contribution is -2.15. The van der Waals surface area contributed by atoms with E-state index in [2.05, 4.69) is 10.1 Å². The molecule has 1 aromatic rings. The van der Waals surface area contributed by atoms with Crippen LogP contribution in [0.5, 0.6) is 0 Å².